The zero-order chi connectivity index (χ0) is 104. The molecule has 143 heavy (non-hydrogen) atoms. The van der Waals surface area contributed by atoms with Gasteiger partial charge < -0.3 is 97.0 Å². The van der Waals surface area contributed by atoms with Crippen LogP contribution in [0.25, 0.3) is 0 Å². The average Bonchev–Trinajstić information content (AvgIpc) is 0.786. The van der Waals surface area contributed by atoms with Crippen LogP contribution < -0.4 is 20.1 Å². The first-order chi connectivity index (χ1) is 69.4. The van der Waals surface area contributed by atoms with E-state index in [1.807, 2.05) is 18.2 Å². The summed E-state index contributed by atoms with van der Waals surface area (Å²) >= 11 is 0. The fourth-order valence-corrected chi connectivity index (χ4v) is 15.5. The third-order valence-corrected chi connectivity index (χ3v) is 24.1. The highest BCUT2D eigenvalue weighted by Crippen LogP contribution is 2.41. The summed E-state index contributed by atoms with van der Waals surface area (Å²) in [6.07, 6.45) is 25.3. The minimum Gasteiger partial charge on any atom is -0.495 e. The number of aliphatic hydroxyl groups is 3. The Morgan fingerprint density at radius 1 is 0.350 bits per heavy atom. The standard InChI is InChI=1S/C103H161N7O32S/c1-82-84(81-104)102(105-57-73-130-76-77-142-100(125)56-30-16-42-72-139-97(122)53-27-13-39-69-136-94(119)50-24-10-36-66-133-91(116)47-21-7-33-63-113)107-103(106-83-43-17-4-18-44-83)101(82)109-108-85-79-87(129-3)88(80-86(85)128-2)143(126,127)78-60-110(58-74-140-98(123)54-28-14-40-70-137-95(120)51-25-11-37-67-134-92(117)48-22-8-34-64-131-89(114)45-19-5-31-61-111)59-75-141-99(124)55-29-15-41-71-138-96(121)52-26-12-38-68-135-93(118)49-23-9-35-65-132-90(115)46-20-6-32-62-112/h4,17-18,43-44,79-80,111-113H,5-16,19-42,45-78H2,1-3H3,(H2,105,106,107)/b109-108+. The van der Waals surface area contributed by atoms with Crippen LogP contribution in [0, 0.1) is 18.3 Å². The lowest BCUT2D eigenvalue weighted by molar-refractivity contribution is -0.146. The van der Waals surface area contributed by atoms with Gasteiger partial charge in [0.1, 0.15) is 59.5 Å². The largest absolute Gasteiger partial charge is 0.495 e. The number of para-hydroxylation sites is 1. The van der Waals surface area contributed by atoms with Crippen molar-refractivity contribution in [3.63, 3.8) is 0 Å². The molecule has 0 unspecified atom stereocenters. The van der Waals surface area contributed by atoms with Gasteiger partial charge in [-0.05, 0) is 231 Å². The number of carbonyl (C=O) groups excluding carboxylic acids is 12. The maximum Gasteiger partial charge on any atom is 0.305 e. The van der Waals surface area contributed by atoms with Crippen molar-refractivity contribution in [1.82, 2.24) is 9.88 Å². The number of nitriles is 1. The molecule has 1 aromatic heterocycles. The van der Waals surface area contributed by atoms with Gasteiger partial charge >= 0.3 is 71.6 Å². The Hall–Kier alpha value is -10.7. The number of carbonyl (C=O) groups is 12. The number of aliphatic hydroxyl groups excluding tert-OH is 3. The van der Waals surface area contributed by atoms with Gasteiger partial charge in [-0.1, -0.05) is 37.5 Å². The topological polar surface area (TPSA) is 527 Å². The van der Waals surface area contributed by atoms with E-state index in [2.05, 4.69) is 26.9 Å². The molecule has 0 spiro atoms. The highest BCUT2D eigenvalue weighted by atomic mass is 32.2. The molecule has 0 atom stereocenters. The number of esters is 12. The molecule has 0 saturated heterocycles. The molecule has 0 radical (unpaired) electrons. The van der Waals surface area contributed by atoms with Crippen molar-refractivity contribution in [1.29, 1.82) is 5.26 Å². The van der Waals surface area contributed by atoms with Crippen LogP contribution in [0.15, 0.2) is 57.6 Å². The van der Waals surface area contributed by atoms with Gasteiger partial charge in [-0.3, -0.25) is 62.4 Å². The first-order valence-electron chi connectivity index (χ1n) is 51.4. The number of rotatable bonds is 92. The molecule has 0 saturated carbocycles. The zero-order valence-electron chi connectivity index (χ0n) is 84.9. The lowest BCUT2D eigenvalue weighted by Crippen LogP contribution is -2.36. The third kappa shape index (κ3) is 66.8. The average molecular weight is 2040 g/mol. The molecule has 806 valence electrons. The smallest absolute Gasteiger partial charge is 0.305 e. The molecule has 3 aromatic rings. The van der Waals surface area contributed by atoms with Gasteiger partial charge in [0.2, 0.25) is 0 Å². The van der Waals surface area contributed by atoms with E-state index in [0.29, 0.717) is 256 Å². The summed E-state index contributed by atoms with van der Waals surface area (Å²) in [6, 6.07) is 13.9. The Bertz CT molecular complexity index is 4170. The van der Waals surface area contributed by atoms with E-state index >= 15 is 0 Å². The van der Waals surface area contributed by atoms with Crippen molar-refractivity contribution in [2.24, 2.45) is 10.2 Å². The number of nitrogens with zero attached hydrogens (tertiary/aromatic N) is 5. The van der Waals surface area contributed by atoms with Gasteiger partial charge in [0.25, 0.3) is 0 Å². The molecule has 0 aliphatic heterocycles. The van der Waals surface area contributed by atoms with Crippen LogP contribution in [0.3, 0.4) is 0 Å². The molecule has 0 fully saturated rings. The Kier molecular flexibility index (Phi) is 74.8. The summed E-state index contributed by atoms with van der Waals surface area (Å²) in [6.45, 7) is 4.30. The van der Waals surface area contributed by atoms with Gasteiger partial charge in [0, 0.05) is 146 Å². The lowest BCUT2D eigenvalue weighted by atomic mass is 10.1. The van der Waals surface area contributed by atoms with Crippen LogP contribution in [0.2, 0.25) is 0 Å². The minimum absolute atomic E-state index is 0.00139. The SMILES string of the molecule is COc1cc(S(=O)(=O)CCN(CCOC(=O)CCCCCOC(=O)CCCCCOC(=O)CCCCCOC(=O)CCCCCO)CCOC(=O)CCCCCOC(=O)CCCCCOC(=O)CCCCCOC(=O)CCCCCO)c(OC)cc1/N=N/c1c(Nc2ccccc2)nc(NCCOCCOC(=O)CCCCCOC(=O)CCCCCOC(=O)CCCCCOC(=O)CCCCCO)c(C#N)c1C. The van der Waals surface area contributed by atoms with Crippen molar-refractivity contribution in [2.45, 2.75) is 320 Å². The molecule has 1 heterocycles. The molecule has 0 aliphatic carbocycles. The van der Waals surface area contributed by atoms with Gasteiger partial charge in [0.15, 0.2) is 15.7 Å². The van der Waals surface area contributed by atoms with E-state index in [4.69, 9.17) is 91.4 Å². The van der Waals surface area contributed by atoms with Gasteiger partial charge in [-0.2, -0.15) is 5.26 Å². The molecule has 40 heteroatoms. The molecule has 0 bridgehead atoms. The second kappa shape index (κ2) is 84.6. The fourth-order valence-electron chi connectivity index (χ4n) is 14.1. The summed E-state index contributed by atoms with van der Waals surface area (Å²) < 4.78 is 111. The number of methoxy groups -OCH3 is 2. The fraction of sp³-hybridized carbons (Fsp3) is 0.709. The van der Waals surface area contributed by atoms with Gasteiger partial charge in [0.05, 0.1) is 98.2 Å². The second-order valence-electron chi connectivity index (χ2n) is 34.4. The molecule has 39 nitrogen and oxygen atoms in total. The number of pyridine rings is 1. The lowest BCUT2D eigenvalue weighted by Gasteiger charge is -2.22. The molecule has 0 amide bonds. The number of benzene rings is 2. The third-order valence-electron chi connectivity index (χ3n) is 22.4. The van der Waals surface area contributed by atoms with Crippen LogP contribution in [-0.4, -0.2) is 264 Å². The summed E-state index contributed by atoms with van der Waals surface area (Å²) in [5, 5.41) is 52.6. The Morgan fingerprint density at radius 2 is 0.643 bits per heavy atom. The monoisotopic (exact) mass is 2040 g/mol. The Labute approximate surface area is 843 Å². The Balaban J connectivity index is 1.52. The van der Waals surface area contributed by atoms with E-state index in [-0.39, 0.29) is 275 Å². The first kappa shape index (κ1) is 126. The quantitative estimate of drug-likeness (QED) is 0.0152. The van der Waals surface area contributed by atoms with Crippen LogP contribution in [0.1, 0.15) is 319 Å². The van der Waals surface area contributed by atoms with Crippen molar-refractivity contribution in [2.75, 3.05) is 169 Å². The van der Waals surface area contributed by atoms with Crippen molar-refractivity contribution in [3.05, 3.63) is 53.6 Å². The maximum absolute atomic E-state index is 14.6. The Morgan fingerprint density at radius 3 is 0.937 bits per heavy atom. The van der Waals surface area contributed by atoms with Gasteiger partial charge in [-0.25, -0.2) is 13.4 Å². The van der Waals surface area contributed by atoms with Crippen LogP contribution >= 0.6 is 0 Å². The van der Waals surface area contributed by atoms with Crippen molar-refractivity contribution >= 4 is 110 Å². The number of anilines is 3. The zero-order valence-corrected chi connectivity index (χ0v) is 85.7. The summed E-state index contributed by atoms with van der Waals surface area (Å²) in [5.41, 5.74) is 1.32. The number of azo groups is 1. The molecular formula is C103H161N7O32S. The molecule has 5 N–H and O–H groups in total. The molecule has 2 aromatic carbocycles. The highest BCUT2D eigenvalue weighted by molar-refractivity contribution is 7.91. The van der Waals surface area contributed by atoms with Crippen molar-refractivity contribution in [3.8, 4) is 17.6 Å². The minimum atomic E-state index is -4.25. The number of nitrogens with one attached hydrogen (secondary N) is 2. The number of ether oxygens (including phenoxy) is 15. The normalized spacial score (nSPS) is 11.2. The summed E-state index contributed by atoms with van der Waals surface area (Å²) in [7, 11) is -1.64. The van der Waals surface area contributed by atoms with E-state index in [1.165, 1.54) is 26.4 Å². The highest BCUT2D eigenvalue weighted by Gasteiger charge is 2.27. The van der Waals surface area contributed by atoms with E-state index < -0.39 is 33.5 Å². The number of hydrogen-bond donors (Lipinski definition) is 5. The summed E-state index contributed by atoms with van der Waals surface area (Å²) in [5.74, 6) is -4.34. The van der Waals surface area contributed by atoms with Crippen LogP contribution in [0.4, 0.5) is 28.7 Å². The number of unbranched alkanes of at least 4 members (excludes halogenated alkanes) is 24. The predicted molar refractivity (Wildman–Crippen MR) is 529 cm³/mol. The van der Waals surface area contributed by atoms with Crippen LogP contribution in [-0.2, 0) is 129 Å². The first-order valence-corrected chi connectivity index (χ1v) is 53.0. The van der Waals surface area contributed by atoms with Crippen molar-refractivity contribution < 1.29 is 152 Å². The van der Waals surface area contributed by atoms with E-state index in [1.54, 1.807) is 24.0 Å². The van der Waals surface area contributed by atoms with Gasteiger partial charge in [-0.15, -0.1) is 10.2 Å². The number of hydrogen-bond acceptors (Lipinski definition) is 39. The maximum atomic E-state index is 14.6. The number of aromatic nitrogens is 1. The molecular weight excluding hydrogens is 1880 g/mol. The second-order valence-corrected chi connectivity index (χ2v) is 36.5. The molecule has 0 aliphatic rings. The van der Waals surface area contributed by atoms with E-state index in [0.717, 1.165) is 25.7 Å². The predicted octanol–water partition coefficient (Wildman–Crippen LogP) is 16.2. The van der Waals surface area contributed by atoms with E-state index in [9.17, 15) is 71.2 Å². The molecule has 3 rings (SSSR count). The number of sulfone groups is 1. The summed E-state index contributed by atoms with van der Waals surface area (Å²) in [4.78, 5) is 154. The van der Waals surface area contributed by atoms with Crippen LogP contribution in [0.5, 0.6) is 11.5 Å².